The zero-order valence-electron chi connectivity index (χ0n) is 7.12. The van der Waals surface area contributed by atoms with Crippen molar-refractivity contribution < 1.29 is 4.74 Å². The molecule has 3 heteroatoms. The van der Waals surface area contributed by atoms with Gasteiger partial charge < -0.3 is 4.74 Å². The molecule has 2 rings (SSSR count). The number of aromatic nitrogens is 1. The third kappa shape index (κ3) is 1.65. The maximum absolute atomic E-state index is 5.04. The van der Waals surface area contributed by atoms with Gasteiger partial charge in [-0.15, -0.1) is 0 Å². The van der Waals surface area contributed by atoms with Crippen LogP contribution in [-0.2, 0) is 0 Å². The number of halogens is 1. The summed E-state index contributed by atoms with van der Waals surface area (Å²) < 4.78 is 6.06. The lowest BCUT2D eigenvalue weighted by Gasteiger charge is -2.01. The lowest BCUT2D eigenvalue weighted by molar-refractivity contribution is 0.399. The monoisotopic (exact) mass is 237 g/mol. The van der Waals surface area contributed by atoms with Crippen LogP contribution in [0.4, 0.5) is 0 Å². The van der Waals surface area contributed by atoms with Crippen LogP contribution in [0.2, 0.25) is 0 Å². The number of nitrogens with zero attached hydrogens (tertiary/aromatic N) is 1. The zero-order valence-corrected chi connectivity index (χ0v) is 8.71. The average Bonchev–Trinajstić information content (AvgIpc) is 2.16. The van der Waals surface area contributed by atoms with Crippen LogP contribution in [0.5, 0.6) is 5.88 Å². The van der Waals surface area contributed by atoms with E-state index in [9.17, 15) is 0 Å². The number of hydrogen-bond donors (Lipinski definition) is 0. The molecule has 2 nitrogen and oxygen atoms in total. The Morgan fingerprint density at radius 1 is 1.23 bits per heavy atom. The maximum atomic E-state index is 5.04. The Balaban J connectivity index is 2.68. The van der Waals surface area contributed by atoms with Crippen molar-refractivity contribution in [3.05, 3.63) is 34.8 Å². The summed E-state index contributed by atoms with van der Waals surface area (Å²) in [5.74, 6) is 0.644. The third-order valence-electron chi connectivity index (χ3n) is 1.84. The smallest absolute Gasteiger partial charge is 0.213 e. The molecule has 0 N–H and O–H groups in total. The Morgan fingerprint density at radius 3 is 2.77 bits per heavy atom. The van der Waals surface area contributed by atoms with Crippen molar-refractivity contribution in [2.45, 2.75) is 0 Å². The number of hydrogen-bond acceptors (Lipinski definition) is 2. The second-order valence-corrected chi connectivity index (χ2v) is 3.61. The van der Waals surface area contributed by atoms with Crippen LogP contribution in [0.25, 0.3) is 10.9 Å². The van der Waals surface area contributed by atoms with Gasteiger partial charge in [0.05, 0.1) is 12.6 Å². The number of pyridine rings is 1. The van der Waals surface area contributed by atoms with Crippen molar-refractivity contribution in [1.29, 1.82) is 0 Å². The van der Waals surface area contributed by atoms with Gasteiger partial charge >= 0.3 is 0 Å². The highest BCUT2D eigenvalue weighted by atomic mass is 79.9. The highest BCUT2D eigenvalue weighted by molar-refractivity contribution is 9.10. The first-order valence-electron chi connectivity index (χ1n) is 3.90. The van der Waals surface area contributed by atoms with Crippen LogP contribution < -0.4 is 4.74 Å². The molecule has 1 aromatic heterocycles. The molecule has 0 fully saturated rings. The highest BCUT2D eigenvalue weighted by Crippen LogP contribution is 2.20. The fourth-order valence-corrected chi connectivity index (χ4v) is 1.53. The minimum absolute atomic E-state index is 0.644. The molecule has 0 aliphatic rings. The molecular weight excluding hydrogens is 230 g/mol. The van der Waals surface area contributed by atoms with Crippen LogP contribution in [0.1, 0.15) is 0 Å². The number of benzene rings is 1. The molecule has 2 aromatic rings. The predicted octanol–water partition coefficient (Wildman–Crippen LogP) is 3.01. The molecule has 13 heavy (non-hydrogen) atoms. The van der Waals surface area contributed by atoms with Gasteiger partial charge in [-0.2, -0.15) is 0 Å². The molecule has 0 aliphatic heterocycles. The van der Waals surface area contributed by atoms with E-state index in [1.54, 1.807) is 7.11 Å². The minimum Gasteiger partial charge on any atom is -0.481 e. The first-order valence-corrected chi connectivity index (χ1v) is 4.69. The topological polar surface area (TPSA) is 22.1 Å². The number of rotatable bonds is 1. The Kier molecular flexibility index (Phi) is 2.19. The molecule has 0 saturated heterocycles. The first kappa shape index (κ1) is 8.51. The molecule has 66 valence electrons. The van der Waals surface area contributed by atoms with Crippen molar-refractivity contribution in [2.75, 3.05) is 7.11 Å². The van der Waals surface area contributed by atoms with Gasteiger partial charge in [0, 0.05) is 15.9 Å². The van der Waals surface area contributed by atoms with Gasteiger partial charge in [-0.3, -0.25) is 0 Å². The van der Waals surface area contributed by atoms with Crippen molar-refractivity contribution in [3.8, 4) is 5.88 Å². The maximum Gasteiger partial charge on any atom is 0.213 e. The fourth-order valence-electron chi connectivity index (χ4n) is 1.19. The summed E-state index contributed by atoms with van der Waals surface area (Å²) in [5, 5.41) is 1.11. The summed E-state index contributed by atoms with van der Waals surface area (Å²) in [4.78, 5) is 4.30. The summed E-state index contributed by atoms with van der Waals surface area (Å²) in [5.41, 5.74) is 0.939. The largest absolute Gasteiger partial charge is 0.481 e. The van der Waals surface area contributed by atoms with E-state index >= 15 is 0 Å². The average molecular weight is 238 g/mol. The minimum atomic E-state index is 0.644. The van der Waals surface area contributed by atoms with Gasteiger partial charge in [0.15, 0.2) is 0 Å². The van der Waals surface area contributed by atoms with E-state index in [0.717, 1.165) is 15.4 Å². The van der Waals surface area contributed by atoms with Crippen LogP contribution in [0.15, 0.2) is 34.8 Å². The highest BCUT2D eigenvalue weighted by Gasteiger charge is 1.97. The molecule has 0 radical (unpaired) electrons. The Hall–Kier alpha value is -1.09. The SMILES string of the molecule is COc1ccc2ccc(Br)cc2n1. The third-order valence-corrected chi connectivity index (χ3v) is 2.33. The lowest BCUT2D eigenvalue weighted by atomic mass is 10.2. The van der Waals surface area contributed by atoms with E-state index in [1.165, 1.54) is 0 Å². The van der Waals surface area contributed by atoms with E-state index in [-0.39, 0.29) is 0 Å². The van der Waals surface area contributed by atoms with Crippen LogP contribution in [0, 0.1) is 0 Å². The molecule has 0 spiro atoms. The van der Waals surface area contributed by atoms with Gasteiger partial charge in [0.2, 0.25) is 5.88 Å². The van der Waals surface area contributed by atoms with Crippen LogP contribution in [0.3, 0.4) is 0 Å². The molecule has 1 aromatic carbocycles. The summed E-state index contributed by atoms with van der Waals surface area (Å²) in [6, 6.07) is 9.84. The molecule has 0 unspecified atom stereocenters. The summed E-state index contributed by atoms with van der Waals surface area (Å²) in [7, 11) is 1.62. The fraction of sp³-hybridized carbons (Fsp3) is 0.100. The molecule has 0 atom stereocenters. The van der Waals surface area contributed by atoms with Crippen molar-refractivity contribution in [2.24, 2.45) is 0 Å². The van der Waals surface area contributed by atoms with Gasteiger partial charge in [-0.05, 0) is 18.2 Å². The van der Waals surface area contributed by atoms with Gasteiger partial charge in [0.25, 0.3) is 0 Å². The van der Waals surface area contributed by atoms with Crippen LogP contribution >= 0.6 is 15.9 Å². The molecule has 0 bridgehead atoms. The normalized spacial score (nSPS) is 10.3. The van der Waals surface area contributed by atoms with Crippen LogP contribution in [-0.4, -0.2) is 12.1 Å². The lowest BCUT2D eigenvalue weighted by Crippen LogP contribution is -1.87. The first-order chi connectivity index (χ1) is 6.29. The summed E-state index contributed by atoms with van der Waals surface area (Å²) in [6.45, 7) is 0. The molecule has 1 heterocycles. The predicted molar refractivity (Wildman–Crippen MR) is 56.0 cm³/mol. The van der Waals surface area contributed by atoms with Crippen molar-refractivity contribution in [3.63, 3.8) is 0 Å². The number of fused-ring (bicyclic) bond motifs is 1. The number of ether oxygens (including phenoxy) is 1. The molecule has 0 aliphatic carbocycles. The Morgan fingerprint density at radius 2 is 2.00 bits per heavy atom. The van der Waals surface area contributed by atoms with E-state index in [1.807, 2.05) is 30.3 Å². The quantitative estimate of drug-likeness (QED) is 0.761. The zero-order chi connectivity index (χ0) is 9.26. The Labute approximate surface area is 84.7 Å². The van der Waals surface area contributed by atoms with Crippen molar-refractivity contribution >= 4 is 26.8 Å². The summed E-state index contributed by atoms with van der Waals surface area (Å²) >= 11 is 3.40. The number of methoxy groups -OCH3 is 1. The van der Waals surface area contributed by atoms with Crippen molar-refractivity contribution in [1.82, 2.24) is 4.98 Å². The second-order valence-electron chi connectivity index (χ2n) is 2.69. The van der Waals surface area contributed by atoms with E-state index in [0.29, 0.717) is 5.88 Å². The molecule has 0 amide bonds. The Bertz CT molecular complexity index is 442. The van der Waals surface area contributed by atoms with E-state index in [4.69, 9.17) is 4.74 Å². The van der Waals surface area contributed by atoms with Gasteiger partial charge in [-0.1, -0.05) is 22.0 Å². The standard InChI is InChI=1S/C10H8BrNO/c1-13-10-5-3-7-2-4-8(11)6-9(7)12-10/h2-6H,1H3. The second kappa shape index (κ2) is 3.34. The van der Waals surface area contributed by atoms with E-state index < -0.39 is 0 Å². The van der Waals surface area contributed by atoms with E-state index in [2.05, 4.69) is 20.9 Å². The molecule has 0 saturated carbocycles. The molecular formula is C10H8BrNO. The van der Waals surface area contributed by atoms with Gasteiger partial charge in [-0.25, -0.2) is 4.98 Å². The van der Waals surface area contributed by atoms with Gasteiger partial charge in [0.1, 0.15) is 0 Å². The summed E-state index contributed by atoms with van der Waals surface area (Å²) in [6.07, 6.45) is 0.